The number of rotatable bonds is 8. The first-order chi connectivity index (χ1) is 7.43. The lowest BCUT2D eigenvalue weighted by Crippen LogP contribution is -2.17. The molecular formula is C11H19IO4. The van der Waals surface area contributed by atoms with Crippen LogP contribution in [0.15, 0.2) is 0 Å². The van der Waals surface area contributed by atoms with Crippen LogP contribution in [-0.2, 0) is 14.3 Å². The van der Waals surface area contributed by atoms with Crippen LogP contribution in [0.4, 0.5) is 0 Å². The number of carbonyl (C=O) groups is 2. The van der Waals surface area contributed by atoms with Gasteiger partial charge in [0, 0.05) is 19.3 Å². The minimum absolute atomic E-state index is 0.0884. The minimum atomic E-state index is -0.736. The van der Waals surface area contributed by atoms with Crippen molar-refractivity contribution >= 4 is 34.5 Å². The van der Waals surface area contributed by atoms with Crippen LogP contribution in [-0.4, -0.2) is 21.2 Å². The summed E-state index contributed by atoms with van der Waals surface area (Å²) in [5.74, 6) is -0.675. The van der Waals surface area contributed by atoms with Gasteiger partial charge in [-0.2, -0.15) is 0 Å². The van der Waals surface area contributed by atoms with Crippen LogP contribution in [0.5, 0.6) is 0 Å². The lowest BCUT2D eigenvalue weighted by atomic mass is 10.0. The standard InChI is InChI=1S/C11H19IO4/c1-8(11(12)16-9(2)13)6-4-3-5-7-10(14)15/h8,11H,3-7H2,1-2H3,(H,14,15). The monoisotopic (exact) mass is 342 g/mol. The Morgan fingerprint density at radius 2 is 1.94 bits per heavy atom. The summed E-state index contributed by atoms with van der Waals surface area (Å²) in [6.45, 7) is 3.45. The number of hydrogen-bond acceptors (Lipinski definition) is 3. The van der Waals surface area contributed by atoms with Crippen molar-refractivity contribution in [3.63, 3.8) is 0 Å². The number of halogens is 1. The van der Waals surface area contributed by atoms with E-state index < -0.39 is 5.97 Å². The normalized spacial score (nSPS) is 14.2. The van der Waals surface area contributed by atoms with Crippen LogP contribution in [0.25, 0.3) is 0 Å². The van der Waals surface area contributed by atoms with E-state index >= 15 is 0 Å². The minimum Gasteiger partial charge on any atom is -0.481 e. The van der Waals surface area contributed by atoms with Gasteiger partial charge in [0.2, 0.25) is 0 Å². The van der Waals surface area contributed by atoms with E-state index in [1.807, 2.05) is 6.92 Å². The molecule has 0 heterocycles. The van der Waals surface area contributed by atoms with Gasteiger partial charge in [0.15, 0.2) is 4.11 Å². The molecule has 0 aromatic rings. The molecule has 0 aliphatic rings. The van der Waals surface area contributed by atoms with Crippen LogP contribution < -0.4 is 0 Å². The van der Waals surface area contributed by atoms with E-state index in [9.17, 15) is 9.59 Å². The molecule has 0 radical (unpaired) electrons. The Balaban J connectivity index is 3.52. The van der Waals surface area contributed by atoms with E-state index in [2.05, 4.69) is 22.6 Å². The van der Waals surface area contributed by atoms with Crippen molar-refractivity contribution in [2.75, 3.05) is 0 Å². The first kappa shape index (κ1) is 15.7. The predicted octanol–water partition coefficient (Wildman–Crippen LogP) is 2.98. The smallest absolute Gasteiger partial charge is 0.303 e. The summed E-state index contributed by atoms with van der Waals surface area (Å²) < 4.78 is 4.97. The lowest BCUT2D eigenvalue weighted by Gasteiger charge is -2.17. The van der Waals surface area contributed by atoms with Gasteiger partial charge in [-0.3, -0.25) is 9.59 Å². The zero-order valence-corrected chi connectivity index (χ0v) is 11.9. The maximum atomic E-state index is 10.7. The lowest BCUT2D eigenvalue weighted by molar-refractivity contribution is -0.143. The summed E-state index contributed by atoms with van der Waals surface area (Å²) in [4.78, 5) is 21.0. The predicted molar refractivity (Wildman–Crippen MR) is 69.5 cm³/mol. The number of carboxylic acids is 1. The second-order valence-corrected chi connectivity index (χ2v) is 5.16. The second-order valence-electron chi connectivity index (χ2n) is 3.93. The molecule has 94 valence electrons. The molecule has 16 heavy (non-hydrogen) atoms. The number of hydrogen-bond donors (Lipinski definition) is 1. The Bertz CT molecular complexity index is 230. The fourth-order valence-electron chi connectivity index (χ4n) is 1.33. The molecule has 0 rings (SSSR count). The maximum Gasteiger partial charge on any atom is 0.303 e. The fraction of sp³-hybridized carbons (Fsp3) is 0.818. The van der Waals surface area contributed by atoms with E-state index in [1.165, 1.54) is 6.92 Å². The van der Waals surface area contributed by atoms with Crippen molar-refractivity contribution in [1.82, 2.24) is 0 Å². The summed E-state index contributed by atoms with van der Waals surface area (Å²) in [7, 11) is 0. The van der Waals surface area contributed by atoms with E-state index in [4.69, 9.17) is 9.84 Å². The molecule has 0 amide bonds. The van der Waals surface area contributed by atoms with E-state index in [0.717, 1.165) is 25.7 Å². The van der Waals surface area contributed by atoms with Gasteiger partial charge in [0.25, 0.3) is 0 Å². The van der Waals surface area contributed by atoms with Crippen LogP contribution >= 0.6 is 22.6 Å². The second kappa shape index (κ2) is 8.78. The SMILES string of the molecule is CC(=O)OC(I)C(C)CCCCCC(=O)O. The van der Waals surface area contributed by atoms with Crippen molar-refractivity contribution < 1.29 is 19.4 Å². The van der Waals surface area contributed by atoms with Crippen LogP contribution in [0.1, 0.15) is 46.0 Å². The first-order valence-corrected chi connectivity index (χ1v) is 6.71. The largest absolute Gasteiger partial charge is 0.481 e. The number of unbranched alkanes of at least 4 members (excludes halogenated alkanes) is 2. The van der Waals surface area contributed by atoms with Crippen LogP contribution in [0.3, 0.4) is 0 Å². The van der Waals surface area contributed by atoms with Gasteiger partial charge in [0.05, 0.1) is 0 Å². The topological polar surface area (TPSA) is 63.6 Å². The average molecular weight is 342 g/mol. The summed E-state index contributed by atoms with van der Waals surface area (Å²) in [5, 5.41) is 8.45. The van der Waals surface area contributed by atoms with Crippen molar-refractivity contribution in [1.29, 1.82) is 0 Å². The van der Waals surface area contributed by atoms with Crippen LogP contribution in [0, 0.1) is 5.92 Å². The van der Waals surface area contributed by atoms with Gasteiger partial charge in [-0.15, -0.1) is 0 Å². The first-order valence-electron chi connectivity index (χ1n) is 5.46. The van der Waals surface area contributed by atoms with Gasteiger partial charge < -0.3 is 9.84 Å². The molecule has 5 heteroatoms. The number of carboxylic acid groups (broad SMARTS) is 1. The molecule has 0 spiro atoms. The number of esters is 1. The van der Waals surface area contributed by atoms with Gasteiger partial charge in [-0.05, 0) is 35.4 Å². The molecule has 0 aliphatic carbocycles. The fourth-order valence-corrected chi connectivity index (χ4v) is 2.04. The summed E-state index contributed by atoms with van der Waals surface area (Å²) in [5.41, 5.74) is 0. The molecule has 0 aromatic carbocycles. The van der Waals surface area contributed by atoms with Gasteiger partial charge >= 0.3 is 11.9 Å². The Hall–Kier alpha value is -0.330. The van der Waals surface area contributed by atoms with Crippen molar-refractivity contribution in [2.24, 2.45) is 5.92 Å². The molecule has 2 unspecified atom stereocenters. The average Bonchev–Trinajstić information content (AvgIpc) is 2.15. The van der Waals surface area contributed by atoms with Gasteiger partial charge in [-0.25, -0.2) is 0 Å². The molecular weight excluding hydrogens is 323 g/mol. The number of alkyl halides is 1. The Morgan fingerprint density at radius 3 is 2.44 bits per heavy atom. The molecule has 0 saturated heterocycles. The highest BCUT2D eigenvalue weighted by Gasteiger charge is 2.15. The maximum absolute atomic E-state index is 10.7. The Kier molecular flexibility index (Phi) is 8.60. The molecule has 0 aliphatic heterocycles. The molecule has 0 saturated carbocycles. The van der Waals surface area contributed by atoms with E-state index in [1.54, 1.807) is 0 Å². The molecule has 1 N–H and O–H groups in total. The van der Waals surface area contributed by atoms with Crippen LogP contribution in [0.2, 0.25) is 0 Å². The van der Waals surface area contributed by atoms with Gasteiger partial charge in [0.1, 0.15) is 0 Å². The Morgan fingerprint density at radius 1 is 1.31 bits per heavy atom. The molecule has 2 atom stereocenters. The highest BCUT2D eigenvalue weighted by Crippen LogP contribution is 2.21. The highest BCUT2D eigenvalue weighted by atomic mass is 127. The molecule has 4 nitrogen and oxygen atoms in total. The third-order valence-corrected chi connectivity index (χ3v) is 3.76. The summed E-state index contributed by atoms with van der Waals surface area (Å²) in [6, 6.07) is 0. The Labute approximate surface area is 110 Å². The third kappa shape index (κ3) is 8.94. The highest BCUT2D eigenvalue weighted by molar-refractivity contribution is 14.1. The number of aliphatic carboxylic acids is 1. The summed E-state index contributed by atoms with van der Waals surface area (Å²) in [6.07, 6.45) is 3.82. The zero-order valence-electron chi connectivity index (χ0n) is 9.74. The van der Waals surface area contributed by atoms with Crippen molar-refractivity contribution in [2.45, 2.75) is 50.1 Å². The van der Waals surface area contributed by atoms with Gasteiger partial charge in [-0.1, -0.05) is 19.8 Å². The number of ether oxygens (including phenoxy) is 1. The summed E-state index contributed by atoms with van der Waals surface area (Å²) >= 11 is 2.12. The van der Waals surface area contributed by atoms with Crippen molar-refractivity contribution in [3.8, 4) is 0 Å². The zero-order chi connectivity index (χ0) is 12.6. The third-order valence-electron chi connectivity index (χ3n) is 2.28. The molecule has 0 aromatic heterocycles. The molecule has 0 fully saturated rings. The number of carbonyl (C=O) groups excluding carboxylic acids is 1. The quantitative estimate of drug-likeness (QED) is 0.319. The van der Waals surface area contributed by atoms with Crippen molar-refractivity contribution in [3.05, 3.63) is 0 Å². The van der Waals surface area contributed by atoms with E-state index in [0.29, 0.717) is 5.92 Å². The van der Waals surface area contributed by atoms with E-state index in [-0.39, 0.29) is 16.5 Å². The molecule has 0 bridgehead atoms.